The van der Waals surface area contributed by atoms with Crippen molar-refractivity contribution in [1.29, 1.82) is 0 Å². The predicted octanol–water partition coefficient (Wildman–Crippen LogP) is 10.0. The van der Waals surface area contributed by atoms with Crippen molar-refractivity contribution in [3.63, 3.8) is 0 Å². The van der Waals surface area contributed by atoms with E-state index < -0.39 is 0 Å². The molecule has 0 saturated carbocycles. The Kier molecular flexibility index (Phi) is 28.6. The molecule has 0 aromatic carbocycles. The number of nitrogens with zero attached hydrogens (tertiary/aromatic N) is 2. The second-order valence-electron chi connectivity index (χ2n) is 11.1. The summed E-state index contributed by atoms with van der Waals surface area (Å²) in [7, 11) is 4.41. The van der Waals surface area contributed by atoms with Gasteiger partial charge < -0.3 is 9.80 Å². The Morgan fingerprint density at radius 1 is 0.382 bits per heavy atom. The lowest BCUT2D eigenvalue weighted by Gasteiger charge is -2.24. The van der Waals surface area contributed by atoms with Crippen LogP contribution in [0.1, 0.15) is 155 Å². The lowest BCUT2D eigenvalue weighted by atomic mass is 10.1. The van der Waals surface area contributed by atoms with E-state index in [1.54, 1.807) is 0 Å². The molecule has 0 aliphatic rings. The molecule has 0 spiro atoms. The van der Waals surface area contributed by atoms with Crippen LogP contribution in [-0.4, -0.2) is 50.1 Å². The average molecular weight is 479 g/mol. The van der Waals surface area contributed by atoms with Gasteiger partial charge in [0.15, 0.2) is 0 Å². The van der Waals surface area contributed by atoms with Gasteiger partial charge >= 0.3 is 0 Å². The number of unbranched alkanes of at least 4 members (excludes halogenated alkanes) is 19. The summed E-state index contributed by atoms with van der Waals surface area (Å²) < 4.78 is 0. The molecule has 0 heterocycles. The number of hydrogen-bond acceptors (Lipinski definition) is 2. The first-order valence-electron chi connectivity index (χ1n) is 15.7. The minimum absolute atomic E-state index is 1.20. The van der Waals surface area contributed by atoms with Crippen LogP contribution in [0.5, 0.6) is 0 Å². The Morgan fingerprint density at radius 2 is 0.735 bits per heavy atom. The summed E-state index contributed by atoms with van der Waals surface area (Å²) in [6, 6.07) is 0. The second-order valence-corrected chi connectivity index (χ2v) is 11.1. The summed E-state index contributed by atoms with van der Waals surface area (Å²) in [5.74, 6) is 0. The van der Waals surface area contributed by atoms with Crippen LogP contribution in [0.3, 0.4) is 0 Å². The SMILES string of the molecule is CCCCCCCC/C=C/CCCCCCCCN(CCCCCCCCCC)CCN(C)C. The lowest BCUT2D eigenvalue weighted by Crippen LogP contribution is -2.33. The van der Waals surface area contributed by atoms with Gasteiger partial charge in [0, 0.05) is 13.1 Å². The van der Waals surface area contributed by atoms with E-state index in [2.05, 4.69) is 49.9 Å². The van der Waals surface area contributed by atoms with Gasteiger partial charge in [-0.2, -0.15) is 0 Å². The normalized spacial score (nSPS) is 12.1. The van der Waals surface area contributed by atoms with Crippen LogP contribution in [0, 0.1) is 0 Å². The summed E-state index contributed by atoms with van der Waals surface area (Å²) in [6.45, 7) is 9.67. The summed E-state index contributed by atoms with van der Waals surface area (Å²) in [4.78, 5) is 5.08. The van der Waals surface area contributed by atoms with Gasteiger partial charge in [-0.15, -0.1) is 0 Å². The Hall–Kier alpha value is -0.340. The van der Waals surface area contributed by atoms with Crippen molar-refractivity contribution < 1.29 is 0 Å². The molecule has 0 aromatic rings. The molecule has 2 heteroatoms. The van der Waals surface area contributed by atoms with E-state index in [1.165, 1.54) is 167 Å². The topological polar surface area (TPSA) is 6.48 Å². The molecule has 0 aliphatic carbocycles. The van der Waals surface area contributed by atoms with E-state index in [1.807, 2.05) is 0 Å². The largest absolute Gasteiger partial charge is 0.308 e. The van der Waals surface area contributed by atoms with Crippen LogP contribution in [0.25, 0.3) is 0 Å². The maximum Gasteiger partial charge on any atom is 0.0109 e. The minimum atomic E-state index is 1.20. The average Bonchev–Trinajstić information content (AvgIpc) is 2.83. The first kappa shape index (κ1) is 33.7. The van der Waals surface area contributed by atoms with E-state index in [-0.39, 0.29) is 0 Å². The molecule has 0 saturated heterocycles. The molecule has 0 aromatic heterocycles. The van der Waals surface area contributed by atoms with Crippen molar-refractivity contribution in [2.45, 2.75) is 155 Å². The molecule has 0 bridgehead atoms. The van der Waals surface area contributed by atoms with Crippen molar-refractivity contribution in [1.82, 2.24) is 9.80 Å². The third-order valence-corrected chi connectivity index (χ3v) is 7.18. The maximum atomic E-state index is 2.74. The van der Waals surface area contributed by atoms with Gasteiger partial charge in [0.05, 0.1) is 0 Å². The van der Waals surface area contributed by atoms with Crippen molar-refractivity contribution in [3.8, 4) is 0 Å². The highest BCUT2D eigenvalue weighted by molar-refractivity contribution is 4.81. The molecule has 0 unspecified atom stereocenters. The molecule has 0 N–H and O–H groups in total. The first-order valence-corrected chi connectivity index (χ1v) is 15.7. The zero-order valence-electron chi connectivity index (χ0n) is 24.4. The van der Waals surface area contributed by atoms with Crippen LogP contribution >= 0.6 is 0 Å². The lowest BCUT2D eigenvalue weighted by molar-refractivity contribution is 0.231. The van der Waals surface area contributed by atoms with E-state index in [0.29, 0.717) is 0 Å². The number of allylic oxidation sites excluding steroid dienone is 2. The van der Waals surface area contributed by atoms with Crippen LogP contribution in [0.2, 0.25) is 0 Å². The summed E-state index contributed by atoms with van der Waals surface area (Å²) in [5, 5.41) is 0. The fraction of sp³-hybridized carbons (Fsp3) is 0.938. The molecule has 0 amide bonds. The Balaban J connectivity index is 3.60. The molecule has 2 nitrogen and oxygen atoms in total. The Labute approximate surface area is 217 Å². The second kappa shape index (κ2) is 28.9. The van der Waals surface area contributed by atoms with Gasteiger partial charge in [-0.05, 0) is 65.7 Å². The number of likely N-dealkylation sites (N-methyl/N-ethyl adjacent to an activating group) is 1. The zero-order valence-corrected chi connectivity index (χ0v) is 24.4. The van der Waals surface area contributed by atoms with Crippen LogP contribution in [0.15, 0.2) is 12.2 Å². The summed E-state index contributed by atoms with van der Waals surface area (Å²) in [5.41, 5.74) is 0. The molecular weight excluding hydrogens is 412 g/mol. The van der Waals surface area contributed by atoms with E-state index in [9.17, 15) is 0 Å². The van der Waals surface area contributed by atoms with Crippen molar-refractivity contribution >= 4 is 0 Å². The minimum Gasteiger partial charge on any atom is -0.308 e. The highest BCUT2D eigenvalue weighted by Crippen LogP contribution is 2.12. The van der Waals surface area contributed by atoms with Gasteiger partial charge in [0.25, 0.3) is 0 Å². The highest BCUT2D eigenvalue weighted by Gasteiger charge is 2.05. The monoisotopic (exact) mass is 479 g/mol. The fourth-order valence-corrected chi connectivity index (χ4v) is 4.73. The molecule has 204 valence electrons. The third-order valence-electron chi connectivity index (χ3n) is 7.18. The molecule has 0 rings (SSSR count). The van der Waals surface area contributed by atoms with E-state index in [0.717, 1.165) is 0 Å². The first-order chi connectivity index (χ1) is 16.7. The van der Waals surface area contributed by atoms with Gasteiger partial charge in [-0.25, -0.2) is 0 Å². The number of rotatable bonds is 28. The highest BCUT2D eigenvalue weighted by atomic mass is 15.2. The smallest absolute Gasteiger partial charge is 0.0109 e. The van der Waals surface area contributed by atoms with Crippen molar-refractivity contribution in [3.05, 3.63) is 12.2 Å². The predicted molar refractivity (Wildman–Crippen MR) is 157 cm³/mol. The third kappa shape index (κ3) is 27.9. The molecular formula is C32H66N2. The fourth-order valence-electron chi connectivity index (χ4n) is 4.73. The Bertz CT molecular complexity index is 390. The van der Waals surface area contributed by atoms with Crippen LogP contribution in [-0.2, 0) is 0 Å². The number of hydrogen-bond donors (Lipinski definition) is 0. The quantitative estimate of drug-likeness (QED) is 0.0815. The Morgan fingerprint density at radius 3 is 1.12 bits per heavy atom. The van der Waals surface area contributed by atoms with Crippen LogP contribution < -0.4 is 0 Å². The van der Waals surface area contributed by atoms with Crippen molar-refractivity contribution in [2.75, 3.05) is 40.3 Å². The van der Waals surface area contributed by atoms with Crippen molar-refractivity contribution in [2.24, 2.45) is 0 Å². The molecule has 0 aliphatic heterocycles. The molecule has 0 atom stereocenters. The summed E-state index contributed by atoms with van der Waals surface area (Å²) in [6.07, 6.45) is 35.8. The summed E-state index contributed by atoms with van der Waals surface area (Å²) >= 11 is 0. The van der Waals surface area contributed by atoms with Gasteiger partial charge in [0.2, 0.25) is 0 Å². The molecule has 0 fully saturated rings. The zero-order chi connectivity index (χ0) is 25.0. The van der Waals surface area contributed by atoms with Gasteiger partial charge in [0.1, 0.15) is 0 Å². The van der Waals surface area contributed by atoms with Gasteiger partial charge in [-0.1, -0.05) is 129 Å². The molecule has 34 heavy (non-hydrogen) atoms. The van der Waals surface area contributed by atoms with Crippen LogP contribution in [0.4, 0.5) is 0 Å². The van der Waals surface area contributed by atoms with E-state index >= 15 is 0 Å². The van der Waals surface area contributed by atoms with E-state index in [4.69, 9.17) is 0 Å². The molecule has 0 radical (unpaired) electrons. The van der Waals surface area contributed by atoms with Gasteiger partial charge in [-0.3, -0.25) is 0 Å². The standard InChI is InChI=1S/C32H66N2/c1-5-7-9-11-13-15-16-17-18-19-20-21-22-24-26-28-30-34(32-31-33(3)4)29-27-25-23-14-12-10-8-6-2/h17-18H,5-16,19-32H2,1-4H3/b18-17+. The maximum absolute atomic E-state index is 2.74.